The maximum atomic E-state index is 12.3. The summed E-state index contributed by atoms with van der Waals surface area (Å²) in [6.07, 6.45) is 4.49. The van der Waals surface area contributed by atoms with E-state index in [-0.39, 0.29) is 11.8 Å². The normalized spacial score (nSPS) is 16.7. The Kier molecular flexibility index (Phi) is 2.84. The third-order valence-electron chi connectivity index (χ3n) is 3.58. The summed E-state index contributed by atoms with van der Waals surface area (Å²) in [6.45, 7) is 0. The Morgan fingerprint density at radius 1 is 1.33 bits per heavy atom. The SMILES string of the molecule is NC(CC(=O)c1cccc2cccnc12)C1CC1. The summed E-state index contributed by atoms with van der Waals surface area (Å²) in [7, 11) is 0. The van der Waals surface area contributed by atoms with Gasteiger partial charge < -0.3 is 5.73 Å². The predicted molar refractivity (Wildman–Crippen MR) is 71.4 cm³/mol. The van der Waals surface area contributed by atoms with Gasteiger partial charge in [-0.25, -0.2) is 0 Å². The molecule has 1 fully saturated rings. The van der Waals surface area contributed by atoms with E-state index in [9.17, 15) is 4.79 Å². The van der Waals surface area contributed by atoms with Crippen molar-refractivity contribution in [3.8, 4) is 0 Å². The molecule has 1 heterocycles. The van der Waals surface area contributed by atoms with Gasteiger partial charge in [0.25, 0.3) is 0 Å². The molecular formula is C15H16N2O. The second-order valence-electron chi connectivity index (χ2n) is 5.01. The van der Waals surface area contributed by atoms with Gasteiger partial charge in [-0.2, -0.15) is 0 Å². The van der Waals surface area contributed by atoms with E-state index in [1.165, 1.54) is 12.8 Å². The molecule has 1 aromatic carbocycles. The van der Waals surface area contributed by atoms with Gasteiger partial charge in [-0.1, -0.05) is 18.2 Å². The number of hydrogen-bond donors (Lipinski definition) is 1. The lowest BCUT2D eigenvalue weighted by molar-refractivity contribution is 0.0973. The molecule has 2 N–H and O–H groups in total. The molecule has 0 bridgehead atoms. The lowest BCUT2D eigenvalue weighted by Crippen LogP contribution is -2.26. The molecule has 1 unspecified atom stereocenters. The highest BCUT2D eigenvalue weighted by Gasteiger charge is 2.30. The molecule has 0 amide bonds. The van der Waals surface area contributed by atoms with Gasteiger partial charge in [-0.05, 0) is 30.9 Å². The van der Waals surface area contributed by atoms with Gasteiger partial charge in [0.2, 0.25) is 0 Å². The standard InChI is InChI=1S/C15H16N2O/c16-13(10-6-7-10)9-14(18)12-5-1-3-11-4-2-8-17-15(11)12/h1-5,8,10,13H,6-7,9,16H2. The Labute approximate surface area is 106 Å². The molecular weight excluding hydrogens is 224 g/mol. The summed E-state index contributed by atoms with van der Waals surface area (Å²) in [5.74, 6) is 0.663. The van der Waals surface area contributed by atoms with Gasteiger partial charge in [0.05, 0.1) is 5.52 Å². The second kappa shape index (κ2) is 4.50. The summed E-state index contributed by atoms with van der Waals surface area (Å²) in [5.41, 5.74) is 7.50. The number of nitrogens with two attached hydrogens (primary N) is 1. The van der Waals surface area contributed by atoms with Crippen LogP contribution < -0.4 is 5.73 Å². The third-order valence-corrected chi connectivity index (χ3v) is 3.58. The van der Waals surface area contributed by atoms with E-state index in [0.717, 1.165) is 10.9 Å². The van der Waals surface area contributed by atoms with Crippen LogP contribution in [0.1, 0.15) is 29.6 Å². The number of para-hydroxylation sites is 1. The number of fused-ring (bicyclic) bond motifs is 1. The zero-order valence-corrected chi connectivity index (χ0v) is 10.2. The third kappa shape index (κ3) is 2.14. The summed E-state index contributed by atoms with van der Waals surface area (Å²) in [4.78, 5) is 16.6. The minimum atomic E-state index is 0.0106. The van der Waals surface area contributed by atoms with E-state index in [4.69, 9.17) is 5.73 Å². The number of carbonyl (C=O) groups is 1. The fraction of sp³-hybridized carbons (Fsp3) is 0.333. The van der Waals surface area contributed by atoms with E-state index < -0.39 is 0 Å². The zero-order valence-electron chi connectivity index (χ0n) is 10.2. The first-order valence-corrected chi connectivity index (χ1v) is 6.38. The quantitative estimate of drug-likeness (QED) is 0.835. The molecule has 18 heavy (non-hydrogen) atoms. The molecule has 0 aliphatic heterocycles. The van der Waals surface area contributed by atoms with Crippen LogP contribution in [0.25, 0.3) is 10.9 Å². The second-order valence-corrected chi connectivity index (χ2v) is 5.01. The number of benzene rings is 1. The highest BCUT2D eigenvalue weighted by molar-refractivity contribution is 6.06. The highest BCUT2D eigenvalue weighted by Crippen LogP contribution is 2.33. The minimum absolute atomic E-state index is 0.0106. The molecule has 1 aliphatic carbocycles. The number of aromatic nitrogens is 1. The first-order chi connectivity index (χ1) is 8.75. The van der Waals surface area contributed by atoms with Crippen LogP contribution in [-0.2, 0) is 0 Å². The van der Waals surface area contributed by atoms with Crippen LogP contribution in [0.15, 0.2) is 36.5 Å². The van der Waals surface area contributed by atoms with Gasteiger partial charge >= 0.3 is 0 Å². The van der Waals surface area contributed by atoms with Crippen LogP contribution in [0.5, 0.6) is 0 Å². The predicted octanol–water partition coefficient (Wildman–Crippen LogP) is 2.54. The van der Waals surface area contributed by atoms with Crippen molar-refractivity contribution >= 4 is 16.7 Å². The van der Waals surface area contributed by atoms with Crippen LogP contribution in [0.4, 0.5) is 0 Å². The van der Waals surface area contributed by atoms with Crippen LogP contribution >= 0.6 is 0 Å². The maximum absolute atomic E-state index is 12.3. The van der Waals surface area contributed by atoms with Crippen LogP contribution in [-0.4, -0.2) is 16.8 Å². The molecule has 3 heteroatoms. The van der Waals surface area contributed by atoms with Crippen molar-refractivity contribution in [2.24, 2.45) is 11.7 Å². The molecule has 2 aromatic rings. The molecule has 3 rings (SSSR count). The van der Waals surface area contributed by atoms with Crippen molar-refractivity contribution in [3.05, 3.63) is 42.1 Å². The van der Waals surface area contributed by atoms with E-state index in [0.29, 0.717) is 17.9 Å². The van der Waals surface area contributed by atoms with Crippen molar-refractivity contribution in [2.75, 3.05) is 0 Å². The molecule has 1 atom stereocenters. The van der Waals surface area contributed by atoms with E-state index in [1.54, 1.807) is 6.20 Å². The largest absolute Gasteiger partial charge is 0.327 e. The first kappa shape index (κ1) is 11.4. The topological polar surface area (TPSA) is 56.0 Å². The smallest absolute Gasteiger partial charge is 0.166 e. The average molecular weight is 240 g/mol. The summed E-state index contributed by atoms with van der Waals surface area (Å²) in [5, 5.41) is 1.00. The fourth-order valence-electron chi connectivity index (χ4n) is 2.34. The number of pyridine rings is 1. The van der Waals surface area contributed by atoms with Gasteiger partial charge in [0, 0.05) is 29.6 Å². The molecule has 1 aromatic heterocycles. The minimum Gasteiger partial charge on any atom is -0.327 e. The number of Topliss-reactive ketones (excluding diaryl/α,β-unsaturated/α-hetero) is 1. The van der Waals surface area contributed by atoms with Crippen molar-refractivity contribution in [1.82, 2.24) is 4.98 Å². The van der Waals surface area contributed by atoms with Crippen molar-refractivity contribution in [3.63, 3.8) is 0 Å². The van der Waals surface area contributed by atoms with Gasteiger partial charge in [0.15, 0.2) is 5.78 Å². The van der Waals surface area contributed by atoms with Crippen LogP contribution in [0.2, 0.25) is 0 Å². The summed E-state index contributed by atoms with van der Waals surface area (Å²) >= 11 is 0. The zero-order chi connectivity index (χ0) is 12.5. The monoisotopic (exact) mass is 240 g/mol. The van der Waals surface area contributed by atoms with E-state index >= 15 is 0 Å². The molecule has 1 saturated carbocycles. The Morgan fingerprint density at radius 3 is 2.89 bits per heavy atom. The Hall–Kier alpha value is -1.74. The lowest BCUT2D eigenvalue weighted by atomic mass is 9.99. The Bertz CT molecular complexity index is 585. The number of nitrogens with zero attached hydrogens (tertiary/aromatic N) is 1. The van der Waals surface area contributed by atoms with Crippen molar-refractivity contribution in [1.29, 1.82) is 0 Å². The maximum Gasteiger partial charge on any atom is 0.166 e. The number of hydrogen-bond acceptors (Lipinski definition) is 3. The highest BCUT2D eigenvalue weighted by atomic mass is 16.1. The van der Waals surface area contributed by atoms with Gasteiger partial charge in [0.1, 0.15) is 0 Å². The molecule has 0 saturated heterocycles. The summed E-state index contributed by atoms with van der Waals surface area (Å²) in [6, 6.07) is 9.58. The van der Waals surface area contributed by atoms with Crippen molar-refractivity contribution in [2.45, 2.75) is 25.3 Å². The van der Waals surface area contributed by atoms with Gasteiger partial charge in [-0.15, -0.1) is 0 Å². The lowest BCUT2D eigenvalue weighted by Gasteiger charge is -2.10. The number of carbonyl (C=O) groups excluding carboxylic acids is 1. The fourth-order valence-corrected chi connectivity index (χ4v) is 2.34. The van der Waals surface area contributed by atoms with Crippen molar-refractivity contribution < 1.29 is 4.79 Å². The van der Waals surface area contributed by atoms with E-state index in [2.05, 4.69) is 4.98 Å². The first-order valence-electron chi connectivity index (χ1n) is 6.38. The van der Waals surface area contributed by atoms with Gasteiger partial charge in [-0.3, -0.25) is 9.78 Å². The van der Waals surface area contributed by atoms with Crippen LogP contribution in [0.3, 0.4) is 0 Å². The average Bonchev–Trinajstić information content (AvgIpc) is 3.22. The molecule has 92 valence electrons. The van der Waals surface area contributed by atoms with E-state index in [1.807, 2.05) is 30.3 Å². The number of rotatable bonds is 4. The molecule has 1 aliphatic rings. The molecule has 0 radical (unpaired) electrons. The molecule has 3 nitrogen and oxygen atoms in total. The summed E-state index contributed by atoms with van der Waals surface area (Å²) < 4.78 is 0. The van der Waals surface area contributed by atoms with Crippen LogP contribution in [0, 0.1) is 5.92 Å². The number of ketones is 1. The Morgan fingerprint density at radius 2 is 2.11 bits per heavy atom. The Balaban J connectivity index is 1.90. The molecule has 0 spiro atoms.